The molecule has 1 aromatic carbocycles. The highest BCUT2D eigenvalue weighted by Crippen LogP contribution is 2.62. The predicted octanol–water partition coefficient (Wildman–Crippen LogP) is 2.00. The van der Waals surface area contributed by atoms with Gasteiger partial charge in [-0.05, 0) is 12.0 Å². The van der Waals surface area contributed by atoms with Gasteiger partial charge >= 0.3 is 11.9 Å². The molecule has 0 N–H and O–H groups in total. The second-order valence-electron chi connectivity index (χ2n) is 5.32. The van der Waals surface area contributed by atoms with Crippen LogP contribution in [-0.2, 0) is 19.1 Å². The lowest BCUT2D eigenvalue weighted by Gasteiger charge is -2.33. The number of cyclic esters (lactones) is 2. The summed E-state index contributed by atoms with van der Waals surface area (Å²) in [6, 6.07) is 9.52. The quantitative estimate of drug-likeness (QED) is 0.561. The van der Waals surface area contributed by atoms with E-state index < -0.39 is 23.1 Å². The number of benzene rings is 1. The van der Waals surface area contributed by atoms with Gasteiger partial charge in [0.15, 0.2) is 5.41 Å². The van der Waals surface area contributed by atoms with E-state index in [-0.39, 0.29) is 5.92 Å². The van der Waals surface area contributed by atoms with Crippen LogP contribution in [0.15, 0.2) is 30.3 Å². The van der Waals surface area contributed by atoms with Gasteiger partial charge in [-0.3, -0.25) is 9.59 Å². The second kappa shape index (κ2) is 3.34. The first-order chi connectivity index (χ1) is 8.46. The third-order valence-corrected chi connectivity index (χ3v) is 3.57. The minimum atomic E-state index is -1.15. The minimum absolute atomic E-state index is 0.116. The first kappa shape index (κ1) is 11.3. The molecule has 1 saturated heterocycles. The first-order valence-electron chi connectivity index (χ1n) is 5.97. The van der Waals surface area contributed by atoms with Crippen molar-refractivity contribution in [3.05, 3.63) is 35.9 Å². The van der Waals surface area contributed by atoms with Crippen molar-refractivity contribution < 1.29 is 19.1 Å². The molecule has 1 saturated carbocycles. The molecule has 1 aliphatic heterocycles. The molecule has 1 heterocycles. The maximum atomic E-state index is 12.1. The summed E-state index contributed by atoms with van der Waals surface area (Å²) in [6.45, 7) is 3.13. The van der Waals surface area contributed by atoms with E-state index >= 15 is 0 Å². The molecular weight excluding hydrogens is 232 g/mol. The van der Waals surface area contributed by atoms with Crippen molar-refractivity contribution >= 4 is 11.9 Å². The number of esters is 2. The van der Waals surface area contributed by atoms with Crippen molar-refractivity contribution in [2.24, 2.45) is 5.41 Å². The lowest BCUT2D eigenvalue weighted by molar-refractivity contribution is -0.243. The van der Waals surface area contributed by atoms with Gasteiger partial charge < -0.3 is 9.47 Å². The monoisotopic (exact) mass is 246 g/mol. The second-order valence-corrected chi connectivity index (χ2v) is 5.32. The van der Waals surface area contributed by atoms with Crippen LogP contribution in [0.4, 0.5) is 0 Å². The van der Waals surface area contributed by atoms with Crippen LogP contribution in [0.5, 0.6) is 0 Å². The van der Waals surface area contributed by atoms with E-state index in [1.54, 1.807) is 13.8 Å². The Hall–Kier alpha value is -1.84. The Morgan fingerprint density at radius 2 is 1.61 bits per heavy atom. The third-order valence-electron chi connectivity index (χ3n) is 3.57. The van der Waals surface area contributed by atoms with E-state index in [1.165, 1.54) is 0 Å². The van der Waals surface area contributed by atoms with Crippen LogP contribution < -0.4 is 0 Å². The van der Waals surface area contributed by atoms with Gasteiger partial charge in [0.05, 0.1) is 0 Å². The summed E-state index contributed by atoms with van der Waals surface area (Å²) in [7, 11) is 0. The summed E-state index contributed by atoms with van der Waals surface area (Å²) < 4.78 is 10.4. The smallest absolute Gasteiger partial charge is 0.327 e. The van der Waals surface area contributed by atoms with Crippen molar-refractivity contribution in [2.75, 3.05) is 0 Å². The van der Waals surface area contributed by atoms with Gasteiger partial charge in [-0.2, -0.15) is 0 Å². The molecule has 4 heteroatoms. The average Bonchev–Trinajstić information content (AvgIpc) is 3.03. The van der Waals surface area contributed by atoms with E-state index in [0.29, 0.717) is 6.42 Å². The Kier molecular flexibility index (Phi) is 2.09. The third kappa shape index (κ3) is 1.45. The lowest BCUT2D eigenvalue weighted by atomic mass is 9.98. The van der Waals surface area contributed by atoms with E-state index in [0.717, 1.165) is 5.56 Å². The van der Waals surface area contributed by atoms with Crippen LogP contribution in [0.2, 0.25) is 0 Å². The molecule has 18 heavy (non-hydrogen) atoms. The highest BCUT2D eigenvalue weighted by Gasteiger charge is 2.72. The fourth-order valence-electron chi connectivity index (χ4n) is 2.53. The van der Waals surface area contributed by atoms with Crippen molar-refractivity contribution in [1.29, 1.82) is 0 Å². The molecule has 1 spiro atoms. The van der Waals surface area contributed by atoms with Crippen molar-refractivity contribution in [2.45, 2.75) is 32.0 Å². The standard InChI is InChI=1S/C14H14O4/c1-13(2)17-11(15)14(12(16)18-13)8-10(14)9-6-4-3-5-7-9/h3-7,10H,8H2,1-2H3. The number of rotatable bonds is 1. The molecule has 4 nitrogen and oxygen atoms in total. The zero-order valence-corrected chi connectivity index (χ0v) is 10.3. The van der Waals surface area contributed by atoms with Crippen molar-refractivity contribution in [3.8, 4) is 0 Å². The molecule has 0 aromatic heterocycles. The molecule has 0 radical (unpaired) electrons. The molecule has 2 fully saturated rings. The van der Waals surface area contributed by atoms with Crippen molar-refractivity contribution in [3.63, 3.8) is 0 Å². The highest BCUT2D eigenvalue weighted by atomic mass is 16.7. The van der Waals surface area contributed by atoms with E-state index in [9.17, 15) is 9.59 Å². The average molecular weight is 246 g/mol. The number of ether oxygens (including phenoxy) is 2. The molecule has 1 unspecified atom stereocenters. The summed E-state index contributed by atoms with van der Waals surface area (Å²) >= 11 is 0. The summed E-state index contributed by atoms with van der Waals surface area (Å²) in [6.07, 6.45) is 0.477. The van der Waals surface area contributed by atoms with Crippen molar-refractivity contribution in [1.82, 2.24) is 0 Å². The molecular formula is C14H14O4. The van der Waals surface area contributed by atoms with Gasteiger partial charge in [-0.15, -0.1) is 0 Å². The Balaban J connectivity index is 1.91. The SMILES string of the molecule is CC1(C)OC(=O)C2(CC2c2ccccc2)C(=O)O1. The summed E-state index contributed by atoms with van der Waals surface area (Å²) in [5.74, 6) is -2.19. The minimum Gasteiger partial charge on any atom is -0.422 e. The summed E-state index contributed by atoms with van der Waals surface area (Å²) in [4.78, 5) is 24.1. The largest absolute Gasteiger partial charge is 0.422 e. The maximum Gasteiger partial charge on any atom is 0.327 e. The van der Waals surface area contributed by atoms with Gasteiger partial charge in [0.25, 0.3) is 5.79 Å². The molecule has 2 aliphatic rings. The van der Waals surface area contributed by atoms with Gasteiger partial charge in [0.2, 0.25) is 0 Å². The zero-order valence-electron chi connectivity index (χ0n) is 10.3. The molecule has 1 aromatic rings. The van der Waals surface area contributed by atoms with Crippen LogP contribution in [0, 0.1) is 5.41 Å². The Labute approximate surface area is 105 Å². The normalized spacial score (nSPS) is 27.6. The molecule has 0 amide bonds. The fraction of sp³-hybridized carbons (Fsp3) is 0.429. The Morgan fingerprint density at radius 1 is 1.06 bits per heavy atom. The topological polar surface area (TPSA) is 52.6 Å². The zero-order chi connectivity index (χ0) is 13.0. The van der Waals surface area contributed by atoms with Crippen LogP contribution in [0.3, 0.4) is 0 Å². The molecule has 1 aliphatic carbocycles. The Morgan fingerprint density at radius 3 is 2.17 bits per heavy atom. The number of carbonyl (C=O) groups is 2. The molecule has 0 bridgehead atoms. The fourth-order valence-corrected chi connectivity index (χ4v) is 2.53. The maximum absolute atomic E-state index is 12.1. The summed E-state index contributed by atoms with van der Waals surface area (Å²) in [5.41, 5.74) is -0.122. The first-order valence-corrected chi connectivity index (χ1v) is 5.97. The number of hydrogen-bond donors (Lipinski definition) is 0. The van der Waals surface area contributed by atoms with Crippen LogP contribution in [0.25, 0.3) is 0 Å². The van der Waals surface area contributed by atoms with E-state index in [2.05, 4.69) is 0 Å². The van der Waals surface area contributed by atoms with Gasteiger partial charge in [0, 0.05) is 19.8 Å². The van der Waals surface area contributed by atoms with Crippen LogP contribution >= 0.6 is 0 Å². The van der Waals surface area contributed by atoms with E-state index in [4.69, 9.17) is 9.47 Å². The number of carbonyl (C=O) groups excluding carboxylic acids is 2. The highest BCUT2D eigenvalue weighted by molar-refractivity contribution is 6.06. The summed E-state index contributed by atoms with van der Waals surface area (Å²) in [5, 5.41) is 0. The van der Waals surface area contributed by atoms with Crippen LogP contribution in [0.1, 0.15) is 31.7 Å². The van der Waals surface area contributed by atoms with Gasteiger partial charge in [0.1, 0.15) is 0 Å². The molecule has 94 valence electrons. The lowest BCUT2D eigenvalue weighted by Crippen LogP contribution is -2.48. The van der Waals surface area contributed by atoms with E-state index in [1.807, 2.05) is 30.3 Å². The molecule has 3 rings (SSSR count). The van der Waals surface area contributed by atoms with Gasteiger partial charge in [-0.1, -0.05) is 30.3 Å². The number of hydrogen-bond acceptors (Lipinski definition) is 4. The Bertz CT molecular complexity index is 498. The predicted molar refractivity (Wildman–Crippen MR) is 62.5 cm³/mol. The van der Waals surface area contributed by atoms with Gasteiger partial charge in [-0.25, -0.2) is 0 Å². The molecule has 1 atom stereocenters. The van der Waals surface area contributed by atoms with Crippen LogP contribution in [-0.4, -0.2) is 17.7 Å².